The quantitative estimate of drug-likeness (QED) is 0.691. The van der Waals surface area contributed by atoms with E-state index in [-0.39, 0.29) is 18.1 Å². The summed E-state index contributed by atoms with van der Waals surface area (Å²) in [6, 6.07) is 15.7. The molecule has 1 heterocycles. The first-order valence-electron chi connectivity index (χ1n) is 8.30. The van der Waals surface area contributed by atoms with E-state index in [1.165, 1.54) is 12.1 Å². The molecule has 0 saturated carbocycles. The Morgan fingerprint density at radius 3 is 2.50 bits per heavy atom. The fraction of sp³-hybridized carbons (Fsp3) is 0.200. The highest BCUT2D eigenvalue weighted by atomic mass is 19.1. The molecule has 26 heavy (non-hydrogen) atoms. The van der Waals surface area contributed by atoms with Crippen LogP contribution in [-0.4, -0.2) is 15.7 Å². The highest BCUT2D eigenvalue weighted by Crippen LogP contribution is 2.18. The van der Waals surface area contributed by atoms with E-state index in [1.54, 1.807) is 16.8 Å². The number of carbonyl (C=O) groups excluding carboxylic acids is 1. The normalized spacial score (nSPS) is 10.7. The number of aryl methyl sites for hydroxylation is 1. The molecule has 0 radical (unpaired) electrons. The van der Waals surface area contributed by atoms with Crippen molar-refractivity contribution in [3.63, 3.8) is 0 Å². The molecular formula is C20H20FN3O2. The van der Waals surface area contributed by atoms with Gasteiger partial charge < -0.3 is 0 Å². The second kappa shape index (κ2) is 7.93. The Hall–Kier alpha value is -2.99. The minimum atomic E-state index is -0.301. The van der Waals surface area contributed by atoms with Crippen LogP contribution in [0.25, 0.3) is 5.69 Å². The highest BCUT2D eigenvalue weighted by Gasteiger charge is 2.16. The van der Waals surface area contributed by atoms with Crippen molar-refractivity contribution in [1.29, 1.82) is 0 Å². The lowest BCUT2D eigenvalue weighted by Crippen LogP contribution is -2.25. The second-order valence-corrected chi connectivity index (χ2v) is 6.01. The molecule has 3 rings (SSSR count). The van der Waals surface area contributed by atoms with E-state index >= 15 is 0 Å². The van der Waals surface area contributed by atoms with Crippen molar-refractivity contribution in [2.45, 2.75) is 26.9 Å². The zero-order valence-electron chi connectivity index (χ0n) is 14.7. The zero-order chi connectivity index (χ0) is 18.5. The largest absolute Gasteiger partial charge is 0.272 e. The van der Waals surface area contributed by atoms with Crippen LogP contribution in [0.3, 0.4) is 0 Å². The monoisotopic (exact) mass is 353 g/mol. The van der Waals surface area contributed by atoms with E-state index in [2.05, 4.69) is 10.6 Å². The molecule has 0 unspecified atom stereocenters. The molecule has 0 atom stereocenters. The lowest BCUT2D eigenvalue weighted by molar-refractivity contribution is -0.133. The molecule has 6 heteroatoms. The van der Waals surface area contributed by atoms with Gasteiger partial charge >= 0.3 is 0 Å². The van der Waals surface area contributed by atoms with Crippen molar-refractivity contribution in [2.75, 3.05) is 0 Å². The van der Waals surface area contributed by atoms with Gasteiger partial charge in [0.15, 0.2) is 0 Å². The number of nitrogens with zero attached hydrogens (tertiary/aromatic N) is 2. The number of carbonyl (C=O) groups is 1. The van der Waals surface area contributed by atoms with Crippen LogP contribution >= 0.6 is 0 Å². The number of nitrogens with one attached hydrogen (secondary N) is 1. The van der Waals surface area contributed by atoms with E-state index in [0.29, 0.717) is 6.61 Å². The lowest BCUT2D eigenvalue weighted by Gasteiger charge is -2.07. The van der Waals surface area contributed by atoms with Gasteiger partial charge in [0.1, 0.15) is 5.82 Å². The predicted molar refractivity (Wildman–Crippen MR) is 96.1 cm³/mol. The van der Waals surface area contributed by atoms with Crippen molar-refractivity contribution >= 4 is 5.91 Å². The van der Waals surface area contributed by atoms with Gasteiger partial charge in [-0.05, 0) is 43.7 Å². The van der Waals surface area contributed by atoms with Crippen LogP contribution in [0.5, 0.6) is 0 Å². The molecule has 134 valence electrons. The first-order chi connectivity index (χ1) is 12.5. The molecule has 3 aromatic rings. The Morgan fingerprint density at radius 1 is 1.12 bits per heavy atom. The first-order valence-corrected chi connectivity index (χ1v) is 8.30. The topological polar surface area (TPSA) is 56.2 Å². The third kappa shape index (κ3) is 4.15. The molecule has 1 aromatic heterocycles. The summed E-state index contributed by atoms with van der Waals surface area (Å²) in [5.41, 5.74) is 6.61. The number of amides is 1. The first kappa shape index (κ1) is 17.8. The van der Waals surface area contributed by atoms with Gasteiger partial charge in [-0.2, -0.15) is 5.10 Å². The summed E-state index contributed by atoms with van der Waals surface area (Å²) >= 11 is 0. The summed E-state index contributed by atoms with van der Waals surface area (Å²) in [5.74, 6) is -0.545. The summed E-state index contributed by atoms with van der Waals surface area (Å²) in [6.07, 6.45) is 0.160. The summed E-state index contributed by atoms with van der Waals surface area (Å²) in [7, 11) is 0. The van der Waals surface area contributed by atoms with Crippen LogP contribution in [0.15, 0.2) is 54.6 Å². The van der Waals surface area contributed by atoms with Crippen LogP contribution in [0.4, 0.5) is 4.39 Å². The maximum absolute atomic E-state index is 13.1. The Morgan fingerprint density at radius 2 is 1.81 bits per heavy atom. The molecule has 0 aliphatic heterocycles. The smallest absolute Gasteiger partial charge is 0.248 e. The predicted octanol–water partition coefficient (Wildman–Crippen LogP) is 3.42. The van der Waals surface area contributed by atoms with Crippen molar-refractivity contribution in [3.8, 4) is 5.69 Å². The molecular weight excluding hydrogens is 333 g/mol. The van der Waals surface area contributed by atoms with Crippen LogP contribution in [-0.2, 0) is 22.7 Å². The van der Waals surface area contributed by atoms with E-state index in [9.17, 15) is 9.18 Å². The third-order valence-electron chi connectivity index (χ3n) is 4.12. The summed E-state index contributed by atoms with van der Waals surface area (Å²) in [6.45, 7) is 4.04. The number of rotatable bonds is 6. The van der Waals surface area contributed by atoms with Gasteiger partial charge in [-0.15, -0.1) is 0 Å². The van der Waals surface area contributed by atoms with Crippen LogP contribution in [0.2, 0.25) is 0 Å². The average molecular weight is 353 g/mol. The van der Waals surface area contributed by atoms with E-state index in [0.717, 1.165) is 28.2 Å². The van der Waals surface area contributed by atoms with Crippen molar-refractivity contribution in [2.24, 2.45) is 0 Å². The van der Waals surface area contributed by atoms with Crippen molar-refractivity contribution < 1.29 is 14.0 Å². The molecule has 5 nitrogen and oxygen atoms in total. The SMILES string of the molecule is Cc1nn(-c2ccc(F)cc2)c(C)c1CC(=O)NOCc1ccccc1. The van der Waals surface area contributed by atoms with Gasteiger partial charge in [0.05, 0.1) is 24.4 Å². The van der Waals surface area contributed by atoms with Crippen LogP contribution in [0, 0.1) is 19.7 Å². The van der Waals surface area contributed by atoms with Gasteiger partial charge in [0, 0.05) is 11.3 Å². The molecule has 0 bridgehead atoms. The fourth-order valence-corrected chi connectivity index (χ4v) is 2.74. The molecule has 0 spiro atoms. The number of halogens is 1. The van der Waals surface area contributed by atoms with Crippen LogP contribution < -0.4 is 5.48 Å². The molecule has 2 aromatic carbocycles. The summed E-state index contributed by atoms with van der Waals surface area (Å²) in [5, 5.41) is 4.46. The number of hydrogen-bond donors (Lipinski definition) is 1. The van der Waals surface area contributed by atoms with E-state index in [4.69, 9.17) is 4.84 Å². The van der Waals surface area contributed by atoms with E-state index < -0.39 is 0 Å². The second-order valence-electron chi connectivity index (χ2n) is 6.01. The molecule has 0 aliphatic rings. The molecule has 0 aliphatic carbocycles. The third-order valence-corrected chi connectivity index (χ3v) is 4.12. The van der Waals surface area contributed by atoms with Gasteiger partial charge in [-0.3, -0.25) is 9.63 Å². The summed E-state index contributed by atoms with van der Waals surface area (Å²) < 4.78 is 14.8. The summed E-state index contributed by atoms with van der Waals surface area (Å²) in [4.78, 5) is 17.4. The van der Waals surface area contributed by atoms with Crippen molar-refractivity contribution in [3.05, 3.63) is 82.9 Å². The maximum Gasteiger partial charge on any atom is 0.248 e. The molecule has 1 amide bonds. The number of benzene rings is 2. The van der Waals surface area contributed by atoms with Gasteiger partial charge in [0.2, 0.25) is 5.91 Å². The highest BCUT2D eigenvalue weighted by molar-refractivity contribution is 5.78. The van der Waals surface area contributed by atoms with Gasteiger partial charge in [0.25, 0.3) is 0 Å². The molecule has 1 N–H and O–H groups in total. The van der Waals surface area contributed by atoms with Crippen LogP contribution in [0.1, 0.15) is 22.5 Å². The fourth-order valence-electron chi connectivity index (χ4n) is 2.74. The number of aromatic nitrogens is 2. The Kier molecular flexibility index (Phi) is 5.43. The lowest BCUT2D eigenvalue weighted by atomic mass is 10.1. The Labute approximate surface area is 151 Å². The minimum absolute atomic E-state index is 0.160. The van der Waals surface area contributed by atoms with E-state index in [1.807, 2.05) is 44.2 Å². The maximum atomic E-state index is 13.1. The number of hydrogen-bond acceptors (Lipinski definition) is 3. The molecule has 0 saturated heterocycles. The standard InChI is InChI=1S/C20H20FN3O2/c1-14-19(12-20(25)23-26-13-16-6-4-3-5-7-16)15(2)24(22-14)18-10-8-17(21)9-11-18/h3-11H,12-13H2,1-2H3,(H,23,25). The van der Waals surface area contributed by atoms with Crippen molar-refractivity contribution in [1.82, 2.24) is 15.3 Å². The molecule has 0 fully saturated rings. The minimum Gasteiger partial charge on any atom is -0.272 e. The Balaban J connectivity index is 1.64. The van der Waals surface area contributed by atoms with Gasteiger partial charge in [-0.1, -0.05) is 30.3 Å². The van der Waals surface area contributed by atoms with Gasteiger partial charge in [-0.25, -0.2) is 14.6 Å². The Bertz CT molecular complexity index is 889. The average Bonchev–Trinajstić information content (AvgIpc) is 2.91. The zero-order valence-corrected chi connectivity index (χ0v) is 14.7. The number of hydroxylamine groups is 1.